The number of rotatable bonds is 9. The van der Waals surface area contributed by atoms with Crippen LogP contribution < -0.4 is 0 Å². The van der Waals surface area contributed by atoms with E-state index in [2.05, 4.69) is 5.16 Å². The van der Waals surface area contributed by atoms with Crippen LogP contribution in [-0.4, -0.2) is 20.3 Å². The lowest BCUT2D eigenvalue weighted by Gasteiger charge is -2.21. The van der Waals surface area contributed by atoms with Gasteiger partial charge in [-0.15, -0.1) is 0 Å². The molecule has 2 rings (SSSR count). The molecular weight excluding hydrogens is 475 g/mol. The average Bonchev–Trinajstić information content (AvgIpc) is 2.76. The first kappa shape index (κ1) is 28.9. The molecular formula is C27H36F3NO3S. The molecule has 0 spiro atoms. The predicted molar refractivity (Wildman–Crippen MR) is 135 cm³/mol. The SMILES string of the molecule is CCC(C)c1ccc(/C(=N/OS(=O)(=O)c2c(C(C)C)cc(C(C)C)cc2C(C)C)C(F)(F)F)cc1. The van der Waals surface area contributed by atoms with Gasteiger partial charge < -0.3 is 0 Å². The zero-order chi connectivity index (χ0) is 26.7. The van der Waals surface area contributed by atoms with Crippen molar-refractivity contribution >= 4 is 15.8 Å². The molecule has 194 valence electrons. The van der Waals surface area contributed by atoms with Crippen LogP contribution in [0.1, 0.15) is 113 Å². The second kappa shape index (κ2) is 11.1. The lowest BCUT2D eigenvalue weighted by atomic mass is 9.89. The Morgan fingerprint density at radius 1 is 0.857 bits per heavy atom. The first-order valence-corrected chi connectivity index (χ1v) is 13.4. The fraction of sp³-hybridized carbons (Fsp3) is 0.519. The van der Waals surface area contributed by atoms with E-state index in [9.17, 15) is 21.6 Å². The van der Waals surface area contributed by atoms with Crippen molar-refractivity contribution in [1.82, 2.24) is 0 Å². The number of oxime groups is 1. The molecule has 2 aromatic rings. The first-order valence-electron chi connectivity index (χ1n) is 12.0. The summed E-state index contributed by atoms with van der Waals surface area (Å²) in [6.07, 6.45) is -4.07. The van der Waals surface area contributed by atoms with E-state index in [-0.39, 0.29) is 34.1 Å². The second-order valence-corrected chi connectivity index (χ2v) is 11.4. The van der Waals surface area contributed by atoms with Gasteiger partial charge in [0.1, 0.15) is 4.90 Å². The van der Waals surface area contributed by atoms with E-state index in [1.165, 1.54) is 12.1 Å². The highest BCUT2D eigenvalue weighted by molar-refractivity contribution is 7.86. The van der Waals surface area contributed by atoms with Crippen molar-refractivity contribution < 1.29 is 25.9 Å². The topological polar surface area (TPSA) is 55.7 Å². The maximum absolute atomic E-state index is 13.9. The molecule has 0 aliphatic rings. The molecule has 0 fully saturated rings. The monoisotopic (exact) mass is 511 g/mol. The standard InChI is InChI=1S/C27H36F3NO3S/c1-9-19(8)20-10-12-21(13-11-20)26(27(28,29)30)31-34-35(32,33)25-23(17(4)5)14-22(16(2)3)15-24(25)18(6)7/h10-19H,9H2,1-8H3/b31-26-. The maximum atomic E-state index is 13.9. The quantitative estimate of drug-likeness (QED) is 0.252. The third-order valence-corrected chi connectivity index (χ3v) is 7.43. The van der Waals surface area contributed by atoms with E-state index in [1.807, 2.05) is 55.4 Å². The molecule has 0 aliphatic heterocycles. The third kappa shape index (κ3) is 6.87. The van der Waals surface area contributed by atoms with Gasteiger partial charge in [0, 0.05) is 5.56 Å². The van der Waals surface area contributed by atoms with E-state index in [0.717, 1.165) is 17.5 Å². The van der Waals surface area contributed by atoms with Crippen molar-refractivity contribution in [1.29, 1.82) is 0 Å². The molecule has 0 aromatic heterocycles. The Hall–Kier alpha value is -2.35. The zero-order valence-electron chi connectivity index (χ0n) is 21.7. The van der Waals surface area contributed by atoms with Crippen molar-refractivity contribution in [3.05, 3.63) is 64.2 Å². The highest BCUT2D eigenvalue weighted by Crippen LogP contribution is 2.36. The summed E-state index contributed by atoms with van der Waals surface area (Å²) in [6, 6.07) is 9.36. The maximum Gasteiger partial charge on any atom is 0.437 e. The number of alkyl halides is 3. The van der Waals surface area contributed by atoms with Gasteiger partial charge in [-0.1, -0.05) is 96.9 Å². The van der Waals surface area contributed by atoms with Gasteiger partial charge in [0.2, 0.25) is 0 Å². The van der Waals surface area contributed by atoms with Gasteiger partial charge in [-0.3, -0.25) is 4.28 Å². The van der Waals surface area contributed by atoms with Gasteiger partial charge in [0.15, 0.2) is 5.71 Å². The van der Waals surface area contributed by atoms with Crippen LogP contribution in [0.15, 0.2) is 46.4 Å². The molecule has 8 heteroatoms. The second-order valence-electron chi connectivity index (χ2n) is 9.89. The van der Waals surface area contributed by atoms with Crippen LogP contribution in [0.2, 0.25) is 0 Å². The van der Waals surface area contributed by atoms with E-state index >= 15 is 0 Å². The molecule has 1 unspecified atom stereocenters. The summed E-state index contributed by atoms with van der Waals surface area (Å²) in [4.78, 5) is -0.107. The van der Waals surface area contributed by atoms with Gasteiger partial charge >= 0.3 is 16.3 Å². The van der Waals surface area contributed by atoms with Crippen LogP contribution >= 0.6 is 0 Å². The van der Waals surface area contributed by atoms with Crippen LogP contribution in [0, 0.1) is 0 Å². The predicted octanol–water partition coefficient (Wildman–Crippen LogP) is 8.24. The van der Waals surface area contributed by atoms with Gasteiger partial charge in [-0.05, 0) is 52.3 Å². The largest absolute Gasteiger partial charge is 0.437 e. The Morgan fingerprint density at radius 3 is 1.71 bits per heavy atom. The van der Waals surface area contributed by atoms with Gasteiger partial charge in [-0.25, -0.2) is 0 Å². The number of nitrogens with zero attached hydrogens (tertiary/aromatic N) is 1. The molecule has 0 N–H and O–H groups in total. The average molecular weight is 512 g/mol. The minimum absolute atomic E-state index is 0.107. The summed E-state index contributed by atoms with van der Waals surface area (Å²) < 4.78 is 73.0. The normalized spacial score (nSPS) is 14.2. The summed E-state index contributed by atoms with van der Waals surface area (Å²) in [5.74, 6) is -0.0573. The molecule has 0 aliphatic carbocycles. The van der Waals surface area contributed by atoms with Crippen LogP contribution in [0.5, 0.6) is 0 Å². The molecule has 0 saturated heterocycles. The minimum Gasteiger partial charge on any atom is -0.264 e. The summed E-state index contributed by atoms with van der Waals surface area (Å²) >= 11 is 0. The van der Waals surface area contributed by atoms with E-state index in [0.29, 0.717) is 11.1 Å². The lowest BCUT2D eigenvalue weighted by molar-refractivity contribution is -0.0597. The molecule has 0 heterocycles. The van der Waals surface area contributed by atoms with Crippen LogP contribution in [0.4, 0.5) is 13.2 Å². The Labute approximate surface area is 207 Å². The van der Waals surface area contributed by atoms with Crippen molar-refractivity contribution in [2.24, 2.45) is 5.16 Å². The minimum atomic E-state index is -4.91. The fourth-order valence-corrected chi connectivity index (χ4v) is 5.19. The van der Waals surface area contributed by atoms with Crippen molar-refractivity contribution in [3.8, 4) is 0 Å². The highest BCUT2D eigenvalue weighted by atomic mass is 32.2. The number of hydrogen-bond acceptors (Lipinski definition) is 4. The number of benzene rings is 2. The Bertz CT molecular complexity index is 1120. The van der Waals surface area contributed by atoms with Crippen LogP contribution in [-0.2, 0) is 14.4 Å². The number of hydrogen-bond donors (Lipinski definition) is 0. The Morgan fingerprint density at radius 2 is 1.34 bits per heavy atom. The highest BCUT2D eigenvalue weighted by Gasteiger charge is 2.39. The van der Waals surface area contributed by atoms with Crippen LogP contribution in [0.25, 0.3) is 0 Å². The number of halogens is 3. The Balaban J connectivity index is 2.63. The molecule has 0 amide bonds. The summed E-state index contributed by atoms with van der Waals surface area (Å²) in [7, 11) is -4.63. The molecule has 4 nitrogen and oxygen atoms in total. The fourth-order valence-electron chi connectivity index (χ4n) is 3.78. The van der Waals surface area contributed by atoms with Gasteiger partial charge in [0.25, 0.3) is 0 Å². The van der Waals surface area contributed by atoms with Crippen molar-refractivity contribution in [2.75, 3.05) is 0 Å². The molecule has 35 heavy (non-hydrogen) atoms. The van der Waals surface area contributed by atoms with Crippen LogP contribution in [0.3, 0.4) is 0 Å². The van der Waals surface area contributed by atoms with Gasteiger partial charge in [0.05, 0.1) is 0 Å². The molecule has 1 atom stereocenters. The molecule has 2 aromatic carbocycles. The summed E-state index contributed by atoms with van der Waals surface area (Å²) in [6.45, 7) is 15.3. The van der Waals surface area contributed by atoms with Crippen molar-refractivity contribution in [3.63, 3.8) is 0 Å². The first-order chi connectivity index (χ1) is 16.1. The zero-order valence-corrected chi connectivity index (χ0v) is 22.5. The van der Waals surface area contributed by atoms with E-state index in [4.69, 9.17) is 4.28 Å². The van der Waals surface area contributed by atoms with Gasteiger partial charge in [-0.2, -0.15) is 21.6 Å². The molecule has 0 radical (unpaired) electrons. The van der Waals surface area contributed by atoms with E-state index < -0.39 is 22.0 Å². The summed E-state index contributed by atoms with van der Waals surface area (Å²) in [5, 5.41) is 3.17. The Kier molecular flexibility index (Phi) is 9.20. The molecule has 0 bridgehead atoms. The summed E-state index contributed by atoms with van der Waals surface area (Å²) in [5.41, 5.74) is 1.19. The third-order valence-electron chi connectivity index (χ3n) is 6.19. The van der Waals surface area contributed by atoms with Crippen molar-refractivity contribution in [2.45, 2.75) is 96.6 Å². The molecule has 0 saturated carbocycles. The lowest BCUT2D eigenvalue weighted by Crippen LogP contribution is -2.25. The van der Waals surface area contributed by atoms with E-state index in [1.54, 1.807) is 24.3 Å². The smallest absolute Gasteiger partial charge is 0.264 e.